The number of rotatable bonds is 4. The first kappa shape index (κ1) is 20.5. The molecule has 8 heteroatoms. The summed E-state index contributed by atoms with van der Waals surface area (Å²) < 4.78 is 36.1. The zero-order valence-electron chi connectivity index (χ0n) is 15.7. The zero-order chi connectivity index (χ0) is 20.3. The minimum atomic E-state index is -3.44. The standard InChI is InChI=1S/C20H22ClNO5S/c1-26-14-7-8-16(18(13-14)27-2)20(23)22-10-9-19(28(24,25)12-11-22)15-5-3-4-6-17(15)21/h3-8,13,19H,9-12H2,1-2H3. The summed E-state index contributed by atoms with van der Waals surface area (Å²) in [5.41, 5.74) is 0.956. The van der Waals surface area contributed by atoms with Gasteiger partial charge in [0.1, 0.15) is 11.5 Å². The molecule has 3 rings (SSSR count). The summed E-state index contributed by atoms with van der Waals surface area (Å²) in [5.74, 6) is 0.576. The van der Waals surface area contributed by atoms with Gasteiger partial charge in [-0.2, -0.15) is 0 Å². The van der Waals surface area contributed by atoms with Gasteiger partial charge in [-0.25, -0.2) is 8.42 Å². The molecular weight excluding hydrogens is 402 g/mol. The fraction of sp³-hybridized carbons (Fsp3) is 0.350. The molecule has 1 saturated heterocycles. The lowest BCUT2D eigenvalue weighted by molar-refractivity contribution is 0.0763. The summed E-state index contributed by atoms with van der Waals surface area (Å²) in [4.78, 5) is 14.6. The molecule has 0 N–H and O–H groups in total. The second kappa shape index (κ2) is 8.41. The average molecular weight is 424 g/mol. The normalized spacial score (nSPS) is 19.0. The molecule has 1 heterocycles. The number of halogens is 1. The molecule has 2 aromatic carbocycles. The van der Waals surface area contributed by atoms with Gasteiger partial charge in [0.05, 0.1) is 30.8 Å². The molecular formula is C20H22ClNO5S. The average Bonchev–Trinajstić information content (AvgIpc) is 2.85. The molecule has 150 valence electrons. The minimum absolute atomic E-state index is 0.118. The Balaban J connectivity index is 1.87. The van der Waals surface area contributed by atoms with Gasteiger partial charge in [0.15, 0.2) is 9.84 Å². The predicted octanol–water partition coefficient (Wildman–Crippen LogP) is 3.36. The van der Waals surface area contributed by atoms with Crippen LogP contribution in [0.1, 0.15) is 27.6 Å². The van der Waals surface area contributed by atoms with Crippen LogP contribution in [0.2, 0.25) is 5.02 Å². The third-order valence-electron chi connectivity index (χ3n) is 4.92. The van der Waals surface area contributed by atoms with E-state index in [1.165, 1.54) is 14.2 Å². The molecule has 0 aromatic heterocycles. The smallest absolute Gasteiger partial charge is 0.257 e. The summed E-state index contributed by atoms with van der Waals surface area (Å²) in [6.45, 7) is 0.431. The van der Waals surface area contributed by atoms with Crippen LogP contribution in [0.15, 0.2) is 42.5 Å². The van der Waals surface area contributed by atoms with E-state index in [0.717, 1.165) is 0 Å². The molecule has 1 aliphatic heterocycles. The Bertz CT molecular complexity index is 976. The van der Waals surface area contributed by atoms with Gasteiger partial charge in [-0.3, -0.25) is 4.79 Å². The Hall–Kier alpha value is -2.25. The summed E-state index contributed by atoms with van der Waals surface area (Å²) in [5, 5.41) is -0.301. The van der Waals surface area contributed by atoms with E-state index in [-0.39, 0.29) is 24.6 Å². The first-order chi connectivity index (χ1) is 13.4. The van der Waals surface area contributed by atoms with Gasteiger partial charge in [0.2, 0.25) is 0 Å². The number of nitrogens with zero attached hydrogens (tertiary/aromatic N) is 1. The molecule has 28 heavy (non-hydrogen) atoms. The summed E-state index contributed by atoms with van der Waals surface area (Å²) >= 11 is 6.23. The number of amides is 1. The van der Waals surface area contributed by atoms with Crippen LogP contribution in [0.25, 0.3) is 0 Å². The van der Waals surface area contributed by atoms with Crippen molar-refractivity contribution in [1.29, 1.82) is 0 Å². The first-order valence-corrected chi connectivity index (χ1v) is 10.9. The molecule has 0 bridgehead atoms. The maximum absolute atomic E-state index is 13.0. The lowest BCUT2D eigenvalue weighted by Gasteiger charge is -2.21. The Kier molecular flexibility index (Phi) is 6.15. The fourth-order valence-corrected chi connectivity index (χ4v) is 5.53. The number of hydrogen-bond acceptors (Lipinski definition) is 5. The summed E-state index contributed by atoms with van der Waals surface area (Å²) in [6, 6.07) is 11.9. The third kappa shape index (κ3) is 4.10. The molecule has 1 amide bonds. The molecule has 2 aromatic rings. The molecule has 0 radical (unpaired) electrons. The highest BCUT2D eigenvalue weighted by Crippen LogP contribution is 2.34. The van der Waals surface area contributed by atoms with Gasteiger partial charge in [-0.1, -0.05) is 29.8 Å². The highest BCUT2D eigenvalue weighted by molar-refractivity contribution is 7.91. The predicted molar refractivity (Wildman–Crippen MR) is 108 cm³/mol. The zero-order valence-corrected chi connectivity index (χ0v) is 17.3. The van der Waals surface area contributed by atoms with Crippen LogP contribution < -0.4 is 9.47 Å². The van der Waals surface area contributed by atoms with E-state index >= 15 is 0 Å². The molecule has 0 saturated carbocycles. The van der Waals surface area contributed by atoms with Crippen LogP contribution in [0.3, 0.4) is 0 Å². The quantitative estimate of drug-likeness (QED) is 0.753. The molecule has 6 nitrogen and oxygen atoms in total. The van der Waals surface area contributed by atoms with Gasteiger partial charge in [0.25, 0.3) is 5.91 Å². The van der Waals surface area contributed by atoms with Gasteiger partial charge in [-0.15, -0.1) is 0 Å². The van der Waals surface area contributed by atoms with Crippen molar-refractivity contribution in [2.45, 2.75) is 11.7 Å². The summed E-state index contributed by atoms with van der Waals surface area (Å²) in [7, 11) is -0.430. The van der Waals surface area contributed by atoms with Crippen LogP contribution in [0, 0.1) is 0 Å². The Labute approximate surface area is 169 Å². The van der Waals surface area contributed by atoms with Crippen molar-refractivity contribution in [3.63, 3.8) is 0 Å². The lowest BCUT2D eigenvalue weighted by Crippen LogP contribution is -2.33. The number of benzene rings is 2. The molecule has 1 fully saturated rings. The summed E-state index contributed by atoms with van der Waals surface area (Å²) in [6.07, 6.45) is 0.288. The monoisotopic (exact) mass is 423 g/mol. The topological polar surface area (TPSA) is 72.9 Å². The van der Waals surface area contributed by atoms with Crippen molar-refractivity contribution in [2.24, 2.45) is 0 Å². The number of ether oxygens (including phenoxy) is 2. The Morgan fingerprint density at radius 3 is 2.54 bits per heavy atom. The number of carbonyl (C=O) groups is 1. The van der Waals surface area contributed by atoms with E-state index in [1.54, 1.807) is 47.4 Å². The number of methoxy groups -OCH3 is 2. The van der Waals surface area contributed by atoms with Gasteiger partial charge in [-0.05, 0) is 30.2 Å². The number of hydrogen-bond donors (Lipinski definition) is 0. The van der Waals surface area contributed by atoms with Crippen molar-refractivity contribution < 1.29 is 22.7 Å². The van der Waals surface area contributed by atoms with Gasteiger partial charge < -0.3 is 14.4 Å². The van der Waals surface area contributed by atoms with Crippen LogP contribution in [-0.4, -0.2) is 52.3 Å². The second-order valence-corrected chi connectivity index (χ2v) is 9.23. The van der Waals surface area contributed by atoms with E-state index in [9.17, 15) is 13.2 Å². The highest BCUT2D eigenvalue weighted by atomic mass is 35.5. The largest absolute Gasteiger partial charge is 0.497 e. The first-order valence-electron chi connectivity index (χ1n) is 8.84. The fourth-order valence-electron chi connectivity index (χ4n) is 3.38. The molecule has 1 unspecified atom stereocenters. The Morgan fingerprint density at radius 2 is 1.86 bits per heavy atom. The second-order valence-electron chi connectivity index (χ2n) is 6.52. The maximum Gasteiger partial charge on any atom is 0.257 e. The van der Waals surface area contributed by atoms with Crippen molar-refractivity contribution in [3.05, 3.63) is 58.6 Å². The number of sulfone groups is 1. The van der Waals surface area contributed by atoms with Crippen molar-refractivity contribution in [3.8, 4) is 11.5 Å². The van der Waals surface area contributed by atoms with Crippen molar-refractivity contribution >= 4 is 27.3 Å². The van der Waals surface area contributed by atoms with Crippen LogP contribution in [-0.2, 0) is 9.84 Å². The minimum Gasteiger partial charge on any atom is -0.497 e. The van der Waals surface area contributed by atoms with E-state index in [1.807, 2.05) is 0 Å². The van der Waals surface area contributed by atoms with Crippen LogP contribution >= 0.6 is 11.6 Å². The molecule has 1 aliphatic rings. The van der Waals surface area contributed by atoms with E-state index in [0.29, 0.717) is 34.2 Å². The number of carbonyl (C=O) groups excluding carboxylic acids is 1. The van der Waals surface area contributed by atoms with Gasteiger partial charge in [0, 0.05) is 24.2 Å². The third-order valence-corrected chi connectivity index (χ3v) is 7.37. The lowest BCUT2D eigenvalue weighted by atomic mass is 10.1. The molecule has 0 aliphatic carbocycles. The SMILES string of the molecule is COc1ccc(C(=O)N2CCC(c3ccccc3Cl)S(=O)(=O)CC2)c(OC)c1. The molecule has 0 spiro atoms. The van der Waals surface area contributed by atoms with Crippen molar-refractivity contribution in [1.82, 2.24) is 4.90 Å². The van der Waals surface area contributed by atoms with E-state index in [4.69, 9.17) is 21.1 Å². The van der Waals surface area contributed by atoms with E-state index < -0.39 is 15.1 Å². The molecule has 1 atom stereocenters. The van der Waals surface area contributed by atoms with Crippen molar-refractivity contribution in [2.75, 3.05) is 33.1 Å². The van der Waals surface area contributed by atoms with Crippen LogP contribution in [0.4, 0.5) is 0 Å². The maximum atomic E-state index is 13.0. The highest BCUT2D eigenvalue weighted by Gasteiger charge is 2.34. The van der Waals surface area contributed by atoms with Crippen LogP contribution in [0.5, 0.6) is 11.5 Å². The van der Waals surface area contributed by atoms with E-state index in [2.05, 4.69) is 0 Å². The Morgan fingerprint density at radius 1 is 1.11 bits per heavy atom. The van der Waals surface area contributed by atoms with Gasteiger partial charge >= 0.3 is 0 Å².